The first-order valence-corrected chi connectivity index (χ1v) is 13.0. The highest BCUT2D eigenvalue weighted by Crippen LogP contribution is 2.38. The maximum absolute atomic E-state index is 13.6. The van der Waals surface area contributed by atoms with Crippen LogP contribution in [0.1, 0.15) is 50.9 Å². The summed E-state index contributed by atoms with van der Waals surface area (Å²) >= 11 is 1.37. The number of fused-ring (bicyclic) bond motifs is 3. The molecule has 10 nitrogen and oxygen atoms in total. The van der Waals surface area contributed by atoms with E-state index < -0.39 is 11.9 Å². The van der Waals surface area contributed by atoms with Gasteiger partial charge in [0.2, 0.25) is 0 Å². The van der Waals surface area contributed by atoms with Crippen LogP contribution in [0.15, 0.2) is 35.3 Å². The highest BCUT2D eigenvalue weighted by Gasteiger charge is 2.28. The van der Waals surface area contributed by atoms with Gasteiger partial charge in [-0.15, -0.1) is 11.3 Å². The molecule has 0 bridgehead atoms. The Morgan fingerprint density at radius 2 is 2.05 bits per heavy atom. The lowest BCUT2D eigenvalue weighted by Gasteiger charge is -2.15. The molecule has 4 aromatic rings. The van der Waals surface area contributed by atoms with Crippen molar-refractivity contribution in [2.24, 2.45) is 0 Å². The number of hydrogen-bond donors (Lipinski definition) is 2. The molecule has 0 fully saturated rings. The predicted octanol–water partition coefficient (Wildman–Crippen LogP) is 3.14. The summed E-state index contributed by atoms with van der Waals surface area (Å²) in [5, 5.41) is 12.3. The van der Waals surface area contributed by atoms with Gasteiger partial charge in [0.1, 0.15) is 21.8 Å². The summed E-state index contributed by atoms with van der Waals surface area (Å²) in [6, 6.07) is 6.62. The van der Waals surface area contributed by atoms with Crippen molar-refractivity contribution in [2.75, 3.05) is 25.6 Å². The van der Waals surface area contributed by atoms with Crippen molar-refractivity contribution in [1.82, 2.24) is 14.0 Å². The van der Waals surface area contributed by atoms with Gasteiger partial charge in [0.25, 0.3) is 11.5 Å². The Labute approximate surface area is 216 Å². The molecule has 1 aliphatic carbocycles. The highest BCUT2D eigenvalue weighted by molar-refractivity contribution is 7.17. The van der Waals surface area contributed by atoms with E-state index in [4.69, 9.17) is 14.9 Å². The van der Waals surface area contributed by atoms with Gasteiger partial charge in [0.15, 0.2) is 0 Å². The number of aromatic nitrogens is 3. The lowest BCUT2D eigenvalue weighted by Crippen LogP contribution is -2.33. The summed E-state index contributed by atoms with van der Waals surface area (Å²) in [4.78, 5) is 45.4. The number of methoxy groups -OCH3 is 1. The zero-order valence-corrected chi connectivity index (χ0v) is 21.4. The smallest absolute Gasteiger partial charge is 0.341 e. The van der Waals surface area contributed by atoms with E-state index in [-0.39, 0.29) is 41.8 Å². The van der Waals surface area contributed by atoms with Crippen LogP contribution < -0.4 is 16.4 Å². The van der Waals surface area contributed by atoms with Gasteiger partial charge in [0.05, 0.1) is 29.7 Å². The minimum Gasteiger partial charge on any atom is -0.462 e. The van der Waals surface area contributed by atoms with E-state index in [2.05, 4.69) is 10.3 Å². The number of pyridine rings is 2. The molecule has 5 rings (SSSR count). The Kier molecular flexibility index (Phi) is 6.90. The van der Waals surface area contributed by atoms with Crippen LogP contribution >= 0.6 is 11.3 Å². The number of ether oxygens (including phenoxy) is 2. The molecule has 0 atom stereocenters. The van der Waals surface area contributed by atoms with Gasteiger partial charge in [-0.05, 0) is 56.4 Å². The Hall–Kier alpha value is -3.83. The van der Waals surface area contributed by atoms with Gasteiger partial charge in [0, 0.05) is 24.7 Å². The number of aryl methyl sites for hydroxylation is 1. The number of nitrogens with zero attached hydrogens (tertiary/aromatic N) is 3. The summed E-state index contributed by atoms with van der Waals surface area (Å²) in [5.41, 5.74) is 1.60. The average molecular weight is 522 g/mol. The van der Waals surface area contributed by atoms with E-state index in [1.165, 1.54) is 33.5 Å². The molecule has 4 aromatic heterocycles. The van der Waals surface area contributed by atoms with Gasteiger partial charge in [-0.3, -0.25) is 19.4 Å². The third kappa shape index (κ3) is 4.44. The number of amides is 1. The zero-order chi connectivity index (χ0) is 26.1. The van der Waals surface area contributed by atoms with E-state index in [0.717, 1.165) is 36.1 Å². The Balaban J connectivity index is 1.65. The Morgan fingerprint density at radius 3 is 2.84 bits per heavy atom. The summed E-state index contributed by atoms with van der Waals surface area (Å²) in [7, 11) is 1.54. The lowest BCUT2D eigenvalue weighted by molar-refractivity contribution is 0.0526. The van der Waals surface area contributed by atoms with E-state index in [1.54, 1.807) is 31.3 Å². The molecule has 0 aromatic carbocycles. The van der Waals surface area contributed by atoms with Crippen molar-refractivity contribution in [3.63, 3.8) is 0 Å². The first-order chi connectivity index (χ1) is 17.9. The lowest BCUT2D eigenvalue weighted by atomic mass is 9.95. The Bertz CT molecular complexity index is 1650. The fraction of sp³-hybridized carbons (Fsp3) is 0.346. The minimum atomic E-state index is -0.584. The Morgan fingerprint density at radius 1 is 1.24 bits per heavy atom. The van der Waals surface area contributed by atoms with Gasteiger partial charge in [-0.1, -0.05) is 6.07 Å². The number of hydrogen-bond acceptors (Lipinski definition) is 8. The van der Waals surface area contributed by atoms with Crippen LogP contribution in [0.4, 0.5) is 5.00 Å². The molecule has 1 aliphatic rings. The van der Waals surface area contributed by atoms with Gasteiger partial charge in [-0.2, -0.15) is 0 Å². The van der Waals surface area contributed by atoms with E-state index in [1.807, 2.05) is 0 Å². The fourth-order valence-corrected chi connectivity index (χ4v) is 5.98. The van der Waals surface area contributed by atoms with Crippen LogP contribution in [0.5, 0.6) is 0 Å². The fourth-order valence-electron chi connectivity index (χ4n) is 4.70. The van der Waals surface area contributed by atoms with Crippen LogP contribution in [0.2, 0.25) is 0 Å². The van der Waals surface area contributed by atoms with Crippen molar-refractivity contribution in [2.45, 2.75) is 39.2 Å². The molecular weight excluding hydrogens is 494 g/mol. The third-order valence-electron chi connectivity index (χ3n) is 6.46. The standard InChI is InChI=1S/C26H27N5O5S/c1-3-36-26(34)20-15-8-4-5-9-18(15)37-24(20)29-23(32)16-14-17-22(31(21(16)27)12-13-35-2)28-19-10-6-7-11-30(19)25(17)33/h6-7,10-11,14,27H,3-5,8-9,12-13H2,1-2H3,(H,29,32). The third-order valence-corrected chi connectivity index (χ3v) is 7.67. The second kappa shape index (κ2) is 10.3. The van der Waals surface area contributed by atoms with Crippen LogP contribution in [0, 0.1) is 5.41 Å². The van der Waals surface area contributed by atoms with Gasteiger partial charge < -0.3 is 19.4 Å². The molecule has 37 heavy (non-hydrogen) atoms. The topological polar surface area (TPSA) is 128 Å². The van der Waals surface area contributed by atoms with Crippen LogP contribution in [-0.2, 0) is 28.9 Å². The van der Waals surface area contributed by atoms with Crippen molar-refractivity contribution in [3.8, 4) is 0 Å². The predicted molar refractivity (Wildman–Crippen MR) is 140 cm³/mol. The maximum Gasteiger partial charge on any atom is 0.341 e. The first-order valence-electron chi connectivity index (χ1n) is 12.2. The number of carbonyl (C=O) groups is 2. The van der Waals surface area contributed by atoms with Gasteiger partial charge >= 0.3 is 5.97 Å². The van der Waals surface area contributed by atoms with Crippen LogP contribution in [-0.4, -0.2) is 46.2 Å². The number of carbonyl (C=O) groups excluding carboxylic acids is 2. The zero-order valence-electron chi connectivity index (χ0n) is 20.6. The highest BCUT2D eigenvalue weighted by atomic mass is 32.1. The summed E-state index contributed by atoms with van der Waals surface area (Å²) in [6.45, 7) is 2.45. The summed E-state index contributed by atoms with van der Waals surface area (Å²) in [6.07, 6.45) is 5.20. The quantitative estimate of drug-likeness (QED) is 0.284. The largest absolute Gasteiger partial charge is 0.462 e. The summed E-state index contributed by atoms with van der Waals surface area (Å²) < 4.78 is 13.4. The second-order valence-corrected chi connectivity index (χ2v) is 9.83. The van der Waals surface area contributed by atoms with Crippen molar-refractivity contribution < 1.29 is 19.1 Å². The van der Waals surface area contributed by atoms with E-state index in [9.17, 15) is 14.4 Å². The van der Waals surface area contributed by atoms with E-state index in [0.29, 0.717) is 21.9 Å². The molecule has 0 spiro atoms. The number of thiophene rings is 1. The van der Waals surface area contributed by atoms with Gasteiger partial charge in [-0.25, -0.2) is 9.78 Å². The monoisotopic (exact) mass is 521 g/mol. The molecular formula is C26H27N5O5S. The molecule has 2 N–H and O–H groups in total. The molecule has 0 saturated carbocycles. The first kappa shape index (κ1) is 24.8. The van der Waals surface area contributed by atoms with Crippen molar-refractivity contribution in [1.29, 1.82) is 5.41 Å². The molecule has 0 unspecified atom stereocenters. The summed E-state index contributed by atoms with van der Waals surface area (Å²) in [5.74, 6) is -1.05. The molecule has 0 radical (unpaired) electrons. The SMILES string of the molecule is CCOC(=O)c1c(NC(=O)c2cc3c(=O)n4ccccc4nc3n(CCOC)c2=N)sc2c1CCCC2. The molecule has 0 aliphatic heterocycles. The molecule has 4 heterocycles. The normalized spacial score (nSPS) is 13.0. The van der Waals surface area contributed by atoms with E-state index >= 15 is 0 Å². The molecule has 1 amide bonds. The van der Waals surface area contributed by atoms with Crippen LogP contribution in [0.3, 0.4) is 0 Å². The average Bonchev–Trinajstić information content (AvgIpc) is 3.26. The number of nitrogens with one attached hydrogen (secondary N) is 2. The molecule has 11 heteroatoms. The molecule has 0 saturated heterocycles. The number of rotatable bonds is 7. The maximum atomic E-state index is 13.6. The van der Waals surface area contributed by atoms with Crippen molar-refractivity contribution in [3.05, 3.63) is 67.9 Å². The van der Waals surface area contributed by atoms with Crippen LogP contribution in [0.25, 0.3) is 16.7 Å². The number of anilines is 1. The number of esters is 1. The minimum absolute atomic E-state index is 0.000403. The second-order valence-electron chi connectivity index (χ2n) is 8.72. The van der Waals surface area contributed by atoms with Crippen molar-refractivity contribution >= 4 is 44.9 Å². The molecule has 192 valence electrons.